The maximum atomic E-state index is 13.0. The van der Waals surface area contributed by atoms with Gasteiger partial charge in [-0.15, -0.1) is 0 Å². The lowest BCUT2D eigenvalue weighted by Crippen LogP contribution is -2.40. The fraction of sp³-hybridized carbons (Fsp3) is 0.421. The van der Waals surface area contributed by atoms with E-state index in [0.717, 1.165) is 24.3 Å². The Bertz CT molecular complexity index is 1090. The molecule has 2 heterocycles. The van der Waals surface area contributed by atoms with Crippen molar-refractivity contribution in [1.82, 2.24) is 8.87 Å². The predicted octanol–water partition coefficient (Wildman–Crippen LogP) is 3.23. The normalized spacial score (nSPS) is 22.3. The summed E-state index contributed by atoms with van der Waals surface area (Å²) >= 11 is 6.35. The number of oxazole rings is 1. The molecule has 1 aromatic heterocycles. The van der Waals surface area contributed by atoms with Gasteiger partial charge in [0.1, 0.15) is 0 Å². The Morgan fingerprint density at radius 2 is 1.96 bits per heavy atom. The molecule has 1 fully saturated rings. The number of benzene rings is 1. The summed E-state index contributed by atoms with van der Waals surface area (Å²) in [5.74, 6) is 0.0393. The van der Waals surface area contributed by atoms with Crippen molar-refractivity contribution in [2.45, 2.75) is 24.2 Å². The van der Waals surface area contributed by atoms with E-state index in [1.807, 2.05) is 6.08 Å². The molecule has 0 radical (unpaired) electrons. The molecule has 1 unspecified atom stereocenters. The molecule has 4 rings (SSSR count). The van der Waals surface area contributed by atoms with Crippen molar-refractivity contribution in [1.29, 1.82) is 0 Å². The van der Waals surface area contributed by atoms with E-state index < -0.39 is 15.8 Å². The highest BCUT2D eigenvalue weighted by atomic mass is 35.5. The first kappa shape index (κ1) is 18.5. The molecule has 0 amide bonds. The van der Waals surface area contributed by atoms with Crippen LogP contribution in [0.3, 0.4) is 0 Å². The van der Waals surface area contributed by atoms with E-state index in [1.54, 1.807) is 13.1 Å². The molecule has 1 saturated heterocycles. The van der Waals surface area contributed by atoms with Crippen LogP contribution in [0.2, 0.25) is 0 Å². The quantitative estimate of drug-likeness (QED) is 0.731. The van der Waals surface area contributed by atoms with Gasteiger partial charge in [-0.25, -0.2) is 13.2 Å². The number of aryl methyl sites for hydroxylation is 1. The number of nitrogens with zero attached hydrogens (tertiary/aromatic N) is 2. The van der Waals surface area contributed by atoms with Crippen LogP contribution in [0.5, 0.6) is 0 Å². The summed E-state index contributed by atoms with van der Waals surface area (Å²) < 4.78 is 34.0. The second kappa shape index (κ2) is 6.96. The van der Waals surface area contributed by atoms with Gasteiger partial charge in [-0.3, -0.25) is 4.57 Å². The number of hydrogen-bond donors (Lipinski definition) is 0. The van der Waals surface area contributed by atoms with Crippen molar-refractivity contribution >= 4 is 32.7 Å². The smallest absolute Gasteiger partial charge is 0.408 e. The van der Waals surface area contributed by atoms with Crippen LogP contribution in [0.1, 0.15) is 19.3 Å². The largest absolute Gasteiger partial charge is 0.419 e. The summed E-state index contributed by atoms with van der Waals surface area (Å²) in [5.41, 5.74) is 0.853. The fourth-order valence-corrected chi connectivity index (χ4v) is 5.74. The second-order valence-corrected chi connectivity index (χ2v) is 9.45. The van der Waals surface area contributed by atoms with E-state index in [1.165, 1.54) is 21.0 Å². The van der Waals surface area contributed by atoms with Crippen molar-refractivity contribution < 1.29 is 12.8 Å². The van der Waals surface area contributed by atoms with Crippen molar-refractivity contribution in [2.75, 3.05) is 13.1 Å². The molecular formula is C19H21ClN2O4S. The standard InChI is InChI=1S/C19H21ClN2O4S/c1-21-17-7-6-14(12-18(17)26-19(21)23)27(24,25)22-10-8-13(9-11-22)15-4-2-3-5-16(15)20/h2,4-7,12-13,15H,3,8-11H2,1H3. The molecule has 8 heteroatoms. The van der Waals surface area contributed by atoms with Crippen LogP contribution in [0.25, 0.3) is 11.1 Å². The van der Waals surface area contributed by atoms with E-state index in [4.69, 9.17) is 16.0 Å². The van der Waals surface area contributed by atoms with Crippen LogP contribution in [0.15, 0.2) is 55.6 Å². The minimum Gasteiger partial charge on any atom is -0.408 e. The first-order valence-electron chi connectivity index (χ1n) is 9.00. The lowest BCUT2D eigenvalue weighted by atomic mass is 9.82. The van der Waals surface area contributed by atoms with E-state index in [0.29, 0.717) is 24.5 Å². The van der Waals surface area contributed by atoms with Crippen LogP contribution >= 0.6 is 11.6 Å². The number of allylic oxidation sites excluding steroid dienone is 4. The molecule has 1 aliphatic heterocycles. The maximum absolute atomic E-state index is 13.0. The lowest BCUT2D eigenvalue weighted by molar-refractivity contribution is 0.248. The molecule has 144 valence electrons. The SMILES string of the molecule is Cn1c(=O)oc2cc(S(=O)(=O)N3CCC(C4C=CCC=C4Cl)CC3)ccc21. The van der Waals surface area contributed by atoms with Crippen LogP contribution in [0.4, 0.5) is 0 Å². The minimum absolute atomic E-state index is 0.151. The third kappa shape index (κ3) is 3.28. The van der Waals surface area contributed by atoms with E-state index in [2.05, 4.69) is 12.2 Å². The second-order valence-electron chi connectivity index (χ2n) is 7.08. The number of halogens is 1. The van der Waals surface area contributed by atoms with Gasteiger partial charge >= 0.3 is 5.76 Å². The Morgan fingerprint density at radius 1 is 1.22 bits per heavy atom. The van der Waals surface area contributed by atoms with Gasteiger partial charge in [0.15, 0.2) is 5.58 Å². The van der Waals surface area contributed by atoms with Gasteiger partial charge in [0.2, 0.25) is 10.0 Å². The Labute approximate surface area is 162 Å². The highest BCUT2D eigenvalue weighted by molar-refractivity contribution is 7.89. The van der Waals surface area contributed by atoms with Crippen molar-refractivity contribution in [3.63, 3.8) is 0 Å². The summed E-state index contributed by atoms with van der Waals surface area (Å²) in [4.78, 5) is 11.8. The number of hydrogen-bond acceptors (Lipinski definition) is 4. The molecule has 2 aromatic rings. The summed E-state index contributed by atoms with van der Waals surface area (Å²) in [7, 11) is -2.04. The van der Waals surface area contributed by atoms with Gasteiger partial charge in [-0.2, -0.15) is 4.31 Å². The molecule has 2 aliphatic rings. The third-order valence-corrected chi connectivity index (χ3v) is 7.82. The van der Waals surface area contributed by atoms with Gasteiger partial charge in [-0.1, -0.05) is 29.8 Å². The average Bonchev–Trinajstić information content (AvgIpc) is 2.96. The average molecular weight is 409 g/mol. The van der Waals surface area contributed by atoms with Gasteiger partial charge in [0.05, 0.1) is 10.4 Å². The molecule has 0 saturated carbocycles. The zero-order chi connectivity index (χ0) is 19.2. The third-order valence-electron chi connectivity index (χ3n) is 5.52. The number of aromatic nitrogens is 1. The van der Waals surface area contributed by atoms with E-state index >= 15 is 0 Å². The molecule has 0 spiro atoms. The first-order valence-corrected chi connectivity index (χ1v) is 10.8. The fourth-order valence-electron chi connectivity index (χ4n) is 3.92. The highest BCUT2D eigenvalue weighted by Crippen LogP contribution is 2.36. The summed E-state index contributed by atoms with van der Waals surface area (Å²) in [5, 5.41) is 0.864. The van der Waals surface area contributed by atoms with E-state index in [9.17, 15) is 13.2 Å². The lowest BCUT2D eigenvalue weighted by Gasteiger charge is -2.35. The van der Waals surface area contributed by atoms with Crippen LogP contribution < -0.4 is 5.76 Å². The molecule has 27 heavy (non-hydrogen) atoms. The maximum Gasteiger partial charge on any atom is 0.419 e. The monoisotopic (exact) mass is 408 g/mol. The Balaban J connectivity index is 1.53. The predicted molar refractivity (Wildman–Crippen MR) is 104 cm³/mol. The molecule has 1 aliphatic carbocycles. The Kier molecular flexibility index (Phi) is 4.78. The number of fused-ring (bicyclic) bond motifs is 1. The molecule has 1 aromatic carbocycles. The number of rotatable bonds is 3. The van der Waals surface area contributed by atoms with Crippen molar-refractivity contribution in [2.24, 2.45) is 18.9 Å². The van der Waals surface area contributed by atoms with Crippen LogP contribution in [-0.4, -0.2) is 30.4 Å². The number of sulfonamides is 1. The van der Waals surface area contributed by atoms with Crippen molar-refractivity contribution in [3.8, 4) is 0 Å². The number of piperidine rings is 1. The molecule has 0 bridgehead atoms. The molecule has 1 atom stereocenters. The summed E-state index contributed by atoms with van der Waals surface area (Å²) in [6.45, 7) is 0.913. The van der Waals surface area contributed by atoms with Crippen LogP contribution in [-0.2, 0) is 17.1 Å². The van der Waals surface area contributed by atoms with Crippen LogP contribution in [0, 0.1) is 11.8 Å². The summed E-state index contributed by atoms with van der Waals surface area (Å²) in [6.07, 6.45) is 8.67. The molecule has 6 nitrogen and oxygen atoms in total. The highest BCUT2D eigenvalue weighted by Gasteiger charge is 2.33. The zero-order valence-electron chi connectivity index (χ0n) is 15.0. The van der Waals surface area contributed by atoms with Gasteiger partial charge < -0.3 is 4.42 Å². The molecular weight excluding hydrogens is 388 g/mol. The molecule has 0 N–H and O–H groups in total. The zero-order valence-corrected chi connectivity index (χ0v) is 16.5. The Hall–Kier alpha value is -1.83. The summed E-state index contributed by atoms with van der Waals surface area (Å²) in [6, 6.07) is 4.57. The van der Waals surface area contributed by atoms with Gasteiger partial charge in [0.25, 0.3) is 0 Å². The van der Waals surface area contributed by atoms with Gasteiger partial charge in [-0.05, 0) is 37.3 Å². The minimum atomic E-state index is -3.63. The van der Waals surface area contributed by atoms with Crippen molar-refractivity contribution in [3.05, 3.63) is 52.0 Å². The van der Waals surface area contributed by atoms with Gasteiger partial charge in [0, 0.05) is 37.2 Å². The topological polar surface area (TPSA) is 72.5 Å². The first-order chi connectivity index (χ1) is 12.9. The Morgan fingerprint density at radius 3 is 2.67 bits per heavy atom. The van der Waals surface area contributed by atoms with E-state index in [-0.39, 0.29) is 16.4 Å².